The molecule has 0 spiro atoms. The Labute approximate surface area is 89.3 Å². The molecular weight excluding hydrogens is 192 g/mol. The van der Waals surface area contributed by atoms with Gasteiger partial charge < -0.3 is 15.4 Å². The van der Waals surface area contributed by atoms with Gasteiger partial charge in [-0.1, -0.05) is 0 Å². The highest BCUT2D eigenvalue weighted by molar-refractivity contribution is 5.36. The zero-order chi connectivity index (χ0) is 10.5. The van der Waals surface area contributed by atoms with E-state index < -0.39 is 0 Å². The lowest BCUT2D eigenvalue weighted by Gasteiger charge is -2.20. The number of anilines is 1. The molecule has 2 heterocycles. The van der Waals surface area contributed by atoms with Crippen molar-refractivity contribution in [1.82, 2.24) is 9.97 Å². The molecule has 0 unspecified atom stereocenters. The summed E-state index contributed by atoms with van der Waals surface area (Å²) in [6.45, 7) is 3.88. The van der Waals surface area contributed by atoms with Crippen LogP contribution in [0, 0.1) is 0 Å². The molecular formula is C10H16N4O. The van der Waals surface area contributed by atoms with E-state index in [0.29, 0.717) is 6.54 Å². The summed E-state index contributed by atoms with van der Waals surface area (Å²) < 4.78 is 5.39. The van der Waals surface area contributed by atoms with Crippen LogP contribution in [0.2, 0.25) is 0 Å². The van der Waals surface area contributed by atoms with E-state index in [-0.39, 0.29) is 0 Å². The quantitative estimate of drug-likeness (QED) is 0.750. The van der Waals surface area contributed by atoms with Crippen molar-refractivity contribution in [2.75, 3.05) is 31.2 Å². The van der Waals surface area contributed by atoms with Gasteiger partial charge in [-0.05, 0) is 6.42 Å². The van der Waals surface area contributed by atoms with Crippen molar-refractivity contribution in [3.8, 4) is 0 Å². The molecule has 1 saturated heterocycles. The Morgan fingerprint density at radius 2 is 2.27 bits per heavy atom. The summed E-state index contributed by atoms with van der Waals surface area (Å²) in [5.41, 5.74) is 6.36. The van der Waals surface area contributed by atoms with Gasteiger partial charge in [0.1, 0.15) is 5.82 Å². The number of aromatic nitrogens is 2. The van der Waals surface area contributed by atoms with E-state index in [9.17, 15) is 0 Å². The van der Waals surface area contributed by atoms with Gasteiger partial charge in [-0.2, -0.15) is 0 Å². The fourth-order valence-corrected chi connectivity index (χ4v) is 1.62. The van der Waals surface area contributed by atoms with Gasteiger partial charge in [-0.25, -0.2) is 4.98 Å². The molecule has 15 heavy (non-hydrogen) atoms. The van der Waals surface area contributed by atoms with E-state index in [4.69, 9.17) is 10.5 Å². The number of rotatable bonds is 2. The van der Waals surface area contributed by atoms with Crippen LogP contribution in [0.4, 0.5) is 5.82 Å². The molecule has 0 aliphatic carbocycles. The predicted octanol–water partition coefficient (Wildman–Crippen LogP) is 0.162. The van der Waals surface area contributed by atoms with E-state index in [1.54, 1.807) is 12.4 Å². The summed E-state index contributed by atoms with van der Waals surface area (Å²) in [4.78, 5) is 10.8. The van der Waals surface area contributed by atoms with Crippen molar-refractivity contribution in [1.29, 1.82) is 0 Å². The zero-order valence-corrected chi connectivity index (χ0v) is 8.72. The lowest BCUT2D eigenvalue weighted by Crippen LogP contribution is -2.27. The first-order chi connectivity index (χ1) is 7.40. The van der Waals surface area contributed by atoms with Crippen molar-refractivity contribution < 1.29 is 4.74 Å². The maximum Gasteiger partial charge on any atom is 0.147 e. The highest BCUT2D eigenvalue weighted by Crippen LogP contribution is 2.11. The second kappa shape index (κ2) is 5.04. The van der Waals surface area contributed by atoms with Gasteiger partial charge in [0.05, 0.1) is 18.5 Å². The number of nitrogens with two attached hydrogens (primary N) is 1. The Balaban J connectivity index is 2.12. The molecule has 2 rings (SSSR count). The van der Waals surface area contributed by atoms with Crippen molar-refractivity contribution in [3.05, 3.63) is 18.1 Å². The summed E-state index contributed by atoms with van der Waals surface area (Å²) in [7, 11) is 0. The molecule has 0 saturated carbocycles. The third-order valence-electron chi connectivity index (χ3n) is 2.43. The van der Waals surface area contributed by atoms with Gasteiger partial charge in [0.25, 0.3) is 0 Å². The molecule has 5 heteroatoms. The van der Waals surface area contributed by atoms with Crippen LogP contribution in [0.15, 0.2) is 12.4 Å². The van der Waals surface area contributed by atoms with Gasteiger partial charge >= 0.3 is 0 Å². The van der Waals surface area contributed by atoms with Crippen LogP contribution in [0.3, 0.4) is 0 Å². The highest BCUT2D eigenvalue weighted by atomic mass is 16.5. The molecule has 1 fully saturated rings. The van der Waals surface area contributed by atoms with Crippen LogP contribution in [0.1, 0.15) is 12.1 Å². The minimum absolute atomic E-state index is 0.436. The van der Waals surface area contributed by atoms with Crippen molar-refractivity contribution in [2.45, 2.75) is 13.0 Å². The molecule has 2 N–H and O–H groups in total. The first kappa shape index (κ1) is 10.3. The number of nitrogens with zero attached hydrogens (tertiary/aromatic N) is 3. The Morgan fingerprint density at radius 3 is 3.13 bits per heavy atom. The Hall–Kier alpha value is -1.20. The first-order valence-electron chi connectivity index (χ1n) is 5.24. The van der Waals surface area contributed by atoms with E-state index in [0.717, 1.165) is 44.2 Å². The van der Waals surface area contributed by atoms with Crippen LogP contribution in [-0.2, 0) is 11.3 Å². The molecule has 5 nitrogen and oxygen atoms in total. The van der Waals surface area contributed by atoms with Gasteiger partial charge in [-0.3, -0.25) is 4.98 Å². The monoisotopic (exact) mass is 208 g/mol. The zero-order valence-electron chi connectivity index (χ0n) is 8.72. The van der Waals surface area contributed by atoms with E-state index in [2.05, 4.69) is 14.9 Å². The second-order valence-electron chi connectivity index (χ2n) is 3.53. The summed E-state index contributed by atoms with van der Waals surface area (Å²) in [6.07, 6.45) is 4.52. The van der Waals surface area contributed by atoms with E-state index in [1.165, 1.54) is 0 Å². The maximum atomic E-state index is 5.53. The van der Waals surface area contributed by atoms with Crippen LogP contribution >= 0.6 is 0 Å². The first-order valence-corrected chi connectivity index (χ1v) is 5.24. The summed E-state index contributed by atoms with van der Waals surface area (Å²) >= 11 is 0. The van der Waals surface area contributed by atoms with Crippen molar-refractivity contribution >= 4 is 5.82 Å². The van der Waals surface area contributed by atoms with E-state index >= 15 is 0 Å². The van der Waals surface area contributed by atoms with E-state index in [1.807, 2.05) is 0 Å². The minimum atomic E-state index is 0.436. The number of hydrogen-bond acceptors (Lipinski definition) is 5. The maximum absolute atomic E-state index is 5.53. The summed E-state index contributed by atoms with van der Waals surface area (Å²) in [5.74, 6) is 0.906. The van der Waals surface area contributed by atoms with Gasteiger partial charge in [0, 0.05) is 32.4 Å². The highest BCUT2D eigenvalue weighted by Gasteiger charge is 2.11. The third-order valence-corrected chi connectivity index (χ3v) is 2.43. The molecule has 1 aromatic rings. The molecule has 82 valence electrons. The second-order valence-corrected chi connectivity index (χ2v) is 3.53. The third kappa shape index (κ3) is 2.64. The molecule has 1 aliphatic rings. The topological polar surface area (TPSA) is 64.3 Å². The molecule has 1 aliphatic heterocycles. The SMILES string of the molecule is NCc1cncc(N2CCCOCC2)n1. The van der Waals surface area contributed by atoms with Crippen LogP contribution in [-0.4, -0.2) is 36.3 Å². The number of hydrogen-bond donors (Lipinski definition) is 1. The molecule has 0 atom stereocenters. The van der Waals surface area contributed by atoms with Gasteiger partial charge in [0.2, 0.25) is 0 Å². The normalized spacial score (nSPS) is 17.5. The average Bonchev–Trinajstić information content (AvgIpc) is 2.58. The fraction of sp³-hybridized carbons (Fsp3) is 0.600. The smallest absolute Gasteiger partial charge is 0.147 e. The van der Waals surface area contributed by atoms with Crippen LogP contribution < -0.4 is 10.6 Å². The van der Waals surface area contributed by atoms with Crippen molar-refractivity contribution in [2.24, 2.45) is 5.73 Å². The Morgan fingerprint density at radius 1 is 1.33 bits per heavy atom. The molecule has 0 aromatic carbocycles. The average molecular weight is 208 g/mol. The Kier molecular flexibility index (Phi) is 3.47. The van der Waals surface area contributed by atoms with Crippen LogP contribution in [0.25, 0.3) is 0 Å². The minimum Gasteiger partial charge on any atom is -0.380 e. The van der Waals surface area contributed by atoms with Gasteiger partial charge in [0.15, 0.2) is 0 Å². The molecule has 1 aromatic heterocycles. The predicted molar refractivity (Wildman–Crippen MR) is 57.6 cm³/mol. The summed E-state index contributed by atoms with van der Waals surface area (Å²) in [6, 6.07) is 0. The standard InChI is InChI=1S/C10H16N4O/c11-6-9-7-12-8-10(13-9)14-2-1-4-15-5-3-14/h7-8H,1-6,11H2. The molecule has 0 amide bonds. The number of ether oxygens (including phenoxy) is 1. The molecule has 0 bridgehead atoms. The summed E-state index contributed by atoms with van der Waals surface area (Å²) in [5, 5.41) is 0. The van der Waals surface area contributed by atoms with Crippen LogP contribution in [0.5, 0.6) is 0 Å². The van der Waals surface area contributed by atoms with Gasteiger partial charge in [-0.15, -0.1) is 0 Å². The fourth-order valence-electron chi connectivity index (χ4n) is 1.62. The Bertz CT molecular complexity index is 310. The lowest BCUT2D eigenvalue weighted by molar-refractivity contribution is 0.152. The largest absolute Gasteiger partial charge is 0.380 e. The van der Waals surface area contributed by atoms with Crippen molar-refractivity contribution in [3.63, 3.8) is 0 Å². The molecule has 0 radical (unpaired) electrons. The lowest BCUT2D eigenvalue weighted by atomic mass is 10.4.